The van der Waals surface area contributed by atoms with Crippen LogP contribution in [0.1, 0.15) is 38.3 Å². The Morgan fingerprint density at radius 2 is 1.55 bits per heavy atom. The SMILES string of the molecule is CCOC(=O)C[C@@]1(C)C(=O)N(Cc2ccc(OC)cc2)[C@@]1(Cc1ccccc1)C(=O)OCC. The number of rotatable bonds is 10. The number of β-lactam (4-membered cyclic amide) rings is 1. The highest BCUT2D eigenvalue weighted by atomic mass is 16.5. The molecule has 33 heavy (non-hydrogen) atoms. The summed E-state index contributed by atoms with van der Waals surface area (Å²) in [5, 5.41) is 0. The van der Waals surface area contributed by atoms with Gasteiger partial charge < -0.3 is 19.1 Å². The molecule has 1 aliphatic rings. The van der Waals surface area contributed by atoms with E-state index in [0.29, 0.717) is 5.75 Å². The number of carbonyl (C=O) groups excluding carboxylic acids is 3. The van der Waals surface area contributed by atoms with Crippen molar-refractivity contribution in [1.29, 1.82) is 0 Å². The van der Waals surface area contributed by atoms with E-state index in [1.54, 1.807) is 44.9 Å². The third-order valence-corrected chi connectivity index (χ3v) is 6.31. The number of amides is 1. The summed E-state index contributed by atoms with van der Waals surface area (Å²) in [6.07, 6.45) is 0.0227. The Morgan fingerprint density at radius 1 is 0.909 bits per heavy atom. The predicted molar refractivity (Wildman–Crippen MR) is 122 cm³/mol. The minimum Gasteiger partial charge on any atom is -0.497 e. The van der Waals surface area contributed by atoms with Gasteiger partial charge in [-0.05, 0) is 44.0 Å². The number of ether oxygens (including phenoxy) is 3. The molecule has 0 radical (unpaired) electrons. The van der Waals surface area contributed by atoms with Gasteiger partial charge in [0.05, 0.1) is 32.2 Å². The van der Waals surface area contributed by atoms with Crippen LogP contribution < -0.4 is 4.74 Å². The second-order valence-electron chi connectivity index (χ2n) is 8.30. The molecule has 0 spiro atoms. The summed E-state index contributed by atoms with van der Waals surface area (Å²) in [6.45, 7) is 5.66. The first-order valence-electron chi connectivity index (χ1n) is 11.1. The van der Waals surface area contributed by atoms with Crippen LogP contribution in [0.4, 0.5) is 0 Å². The van der Waals surface area contributed by atoms with E-state index in [1.165, 1.54) is 0 Å². The zero-order valence-corrected chi connectivity index (χ0v) is 19.6. The number of esters is 2. The summed E-state index contributed by atoms with van der Waals surface area (Å²) in [4.78, 5) is 41.2. The average molecular weight is 454 g/mol. The highest BCUT2D eigenvalue weighted by Gasteiger charge is 2.73. The van der Waals surface area contributed by atoms with Gasteiger partial charge >= 0.3 is 11.9 Å². The van der Waals surface area contributed by atoms with Gasteiger partial charge in [-0.2, -0.15) is 0 Å². The molecule has 0 aromatic heterocycles. The minimum atomic E-state index is -1.35. The summed E-state index contributed by atoms with van der Waals surface area (Å²) >= 11 is 0. The standard InChI is InChI=1S/C26H31NO6/c1-5-32-22(28)17-25(3)23(29)27(18-20-12-14-21(31-4)15-13-20)26(25,24(30)33-6-2)16-19-10-8-7-9-11-19/h7-15H,5-6,16-18H2,1-4H3/t25-,26-/m0/s1. The fourth-order valence-corrected chi connectivity index (χ4v) is 4.58. The minimum absolute atomic E-state index is 0.162. The Morgan fingerprint density at radius 3 is 2.12 bits per heavy atom. The molecule has 2 atom stereocenters. The molecular formula is C26H31NO6. The van der Waals surface area contributed by atoms with Gasteiger partial charge in [0.2, 0.25) is 5.91 Å². The molecule has 1 amide bonds. The summed E-state index contributed by atoms with van der Waals surface area (Å²) in [7, 11) is 1.58. The van der Waals surface area contributed by atoms with Crippen molar-refractivity contribution in [3.05, 3.63) is 65.7 Å². The van der Waals surface area contributed by atoms with Crippen molar-refractivity contribution in [3.63, 3.8) is 0 Å². The number of hydrogen-bond acceptors (Lipinski definition) is 6. The number of methoxy groups -OCH3 is 1. The largest absolute Gasteiger partial charge is 0.497 e. The van der Waals surface area contributed by atoms with Crippen LogP contribution in [0.3, 0.4) is 0 Å². The van der Waals surface area contributed by atoms with Crippen LogP contribution in [0.2, 0.25) is 0 Å². The zero-order chi connectivity index (χ0) is 24.1. The quantitative estimate of drug-likeness (QED) is 0.404. The van der Waals surface area contributed by atoms with E-state index < -0.39 is 22.9 Å². The second-order valence-corrected chi connectivity index (χ2v) is 8.30. The normalized spacial score (nSPS) is 21.8. The summed E-state index contributed by atoms with van der Waals surface area (Å²) < 4.78 is 15.9. The molecule has 1 saturated heterocycles. The summed E-state index contributed by atoms with van der Waals surface area (Å²) in [5.74, 6) is -0.620. The van der Waals surface area contributed by atoms with Crippen molar-refractivity contribution in [2.45, 2.75) is 45.7 Å². The lowest BCUT2D eigenvalue weighted by atomic mass is 9.56. The molecule has 1 fully saturated rings. The van der Waals surface area contributed by atoms with Crippen molar-refractivity contribution < 1.29 is 28.6 Å². The third kappa shape index (κ3) is 4.45. The first-order chi connectivity index (χ1) is 15.8. The number of likely N-dealkylation sites (tertiary alicyclic amines) is 1. The lowest BCUT2D eigenvalue weighted by Gasteiger charge is -2.61. The number of nitrogens with zero attached hydrogens (tertiary/aromatic N) is 1. The number of carbonyl (C=O) groups is 3. The van der Waals surface area contributed by atoms with Gasteiger partial charge in [-0.3, -0.25) is 9.59 Å². The third-order valence-electron chi connectivity index (χ3n) is 6.31. The van der Waals surface area contributed by atoms with Gasteiger partial charge in [0.15, 0.2) is 5.54 Å². The first kappa shape index (κ1) is 24.3. The molecular weight excluding hydrogens is 422 g/mol. The van der Waals surface area contributed by atoms with Crippen molar-refractivity contribution >= 4 is 17.8 Å². The molecule has 0 unspecified atom stereocenters. The maximum Gasteiger partial charge on any atom is 0.333 e. The Bertz CT molecular complexity index is 990. The Labute approximate surface area is 194 Å². The van der Waals surface area contributed by atoms with E-state index in [-0.39, 0.29) is 38.5 Å². The predicted octanol–water partition coefficient (Wildman–Crippen LogP) is 3.54. The second kappa shape index (κ2) is 10.1. The molecule has 0 bridgehead atoms. The van der Waals surface area contributed by atoms with E-state index >= 15 is 0 Å². The molecule has 2 aromatic carbocycles. The van der Waals surface area contributed by atoms with Gasteiger partial charge in [-0.1, -0.05) is 42.5 Å². The van der Waals surface area contributed by atoms with Crippen LogP contribution in [0, 0.1) is 5.41 Å². The molecule has 0 saturated carbocycles. The fraction of sp³-hybridized carbons (Fsp3) is 0.423. The van der Waals surface area contributed by atoms with Gasteiger partial charge in [-0.25, -0.2) is 4.79 Å². The van der Waals surface area contributed by atoms with Gasteiger partial charge in [0.1, 0.15) is 5.75 Å². The summed E-state index contributed by atoms with van der Waals surface area (Å²) in [5.41, 5.74) is -0.945. The van der Waals surface area contributed by atoms with Crippen molar-refractivity contribution in [2.75, 3.05) is 20.3 Å². The maximum atomic E-state index is 13.6. The monoisotopic (exact) mass is 453 g/mol. The van der Waals surface area contributed by atoms with Crippen LogP contribution in [-0.2, 0) is 36.8 Å². The highest BCUT2D eigenvalue weighted by Crippen LogP contribution is 2.54. The van der Waals surface area contributed by atoms with E-state index in [9.17, 15) is 14.4 Å². The lowest BCUT2D eigenvalue weighted by Crippen LogP contribution is -2.81. The average Bonchev–Trinajstić information content (AvgIpc) is 2.82. The molecule has 176 valence electrons. The Kier molecular flexibility index (Phi) is 7.41. The van der Waals surface area contributed by atoms with Crippen molar-refractivity contribution in [1.82, 2.24) is 4.90 Å². The molecule has 3 rings (SSSR count). The zero-order valence-electron chi connectivity index (χ0n) is 19.6. The van der Waals surface area contributed by atoms with E-state index in [1.807, 2.05) is 42.5 Å². The fourth-order valence-electron chi connectivity index (χ4n) is 4.58. The summed E-state index contributed by atoms with van der Waals surface area (Å²) in [6, 6.07) is 16.8. The van der Waals surface area contributed by atoms with E-state index in [2.05, 4.69) is 0 Å². The molecule has 0 aliphatic carbocycles. The first-order valence-corrected chi connectivity index (χ1v) is 11.1. The molecule has 1 aliphatic heterocycles. The lowest BCUT2D eigenvalue weighted by molar-refractivity contribution is -0.212. The van der Waals surface area contributed by atoms with Gasteiger partial charge in [0, 0.05) is 13.0 Å². The Hall–Kier alpha value is -3.35. The van der Waals surface area contributed by atoms with E-state index in [4.69, 9.17) is 14.2 Å². The van der Waals surface area contributed by atoms with Crippen LogP contribution in [0.25, 0.3) is 0 Å². The van der Waals surface area contributed by atoms with Crippen LogP contribution in [-0.4, -0.2) is 48.6 Å². The number of benzene rings is 2. The van der Waals surface area contributed by atoms with Crippen LogP contribution >= 0.6 is 0 Å². The molecule has 7 nitrogen and oxygen atoms in total. The highest BCUT2D eigenvalue weighted by molar-refractivity contribution is 6.06. The van der Waals surface area contributed by atoms with Crippen molar-refractivity contribution in [2.24, 2.45) is 5.41 Å². The molecule has 0 N–H and O–H groups in total. The number of hydrogen-bond donors (Lipinski definition) is 0. The molecule has 1 heterocycles. The van der Waals surface area contributed by atoms with Gasteiger partial charge in [-0.15, -0.1) is 0 Å². The molecule has 2 aromatic rings. The Balaban J connectivity index is 2.07. The van der Waals surface area contributed by atoms with E-state index in [0.717, 1.165) is 11.1 Å². The maximum absolute atomic E-state index is 13.6. The molecule has 7 heteroatoms. The van der Waals surface area contributed by atoms with Crippen LogP contribution in [0.5, 0.6) is 5.75 Å². The smallest absolute Gasteiger partial charge is 0.333 e. The van der Waals surface area contributed by atoms with Crippen molar-refractivity contribution in [3.8, 4) is 5.75 Å². The topological polar surface area (TPSA) is 82.1 Å². The van der Waals surface area contributed by atoms with Gasteiger partial charge in [0.25, 0.3) is 0 Å². The van der Waals surface area contributed by atoms with Crippen LogP contribution in [0.15, 0.2) is 54.6 Å².